The Morgan fingerprint density at radius 2 is 0.981 bits per heavy atom. The molecule has 0 saturated carbocycles. The number of anilines is 1. The molecule has 16 heteroatoms. The molecule has 6 aromatic rings. The van der Waals surface area contributed by atoms with Gasteiger partial charge in [0.05, 0.1) is 13.2 Å². The molecule has 0 unspecified atom stereocenters. The standard InChI is InChI=1S/C14H14O4.C12H12N2O3.C11H11NO3.H4N2.H2O/c1-3-17-14(16)13-8-11-7-10(6-9(2)15)4-5-12(11)18-13;1-7(15)4-8-2-3-10-9(5-8)6-11(17-10)12(16)14-13;1-2-14-11(13)10-6-7-5-8(12)3-4-9(7)15-10;1-2;/h4-5,7-8H,3,6H2,1-2H3;2-3,5-6H,4,13H2,1H3,(H,14,16);3-6H,2,12H2,1H3;1-2H2;1H2. The zero-order valence-corrected chi connectivity index (χ0v) is 29.6. The number of nitrogen functional groups attached to an aromatic ring is 2. The van der Waals surface area contributed by atoms with Crippen LogP contribution in [-0.4, -0.2) is 48.1 Å². The molecule has 1 amide bonds. The van der Waals surface area contributed by atoms with Gasteiger partial charge in [-0.15, -0.1) is 0 Å². The normalized spacial score (nSPS) is 10.0. The number of carbonyl (C=O) groups excluding carboxylic acids is 5. The largest absolute Gasteiger partial charge is 0.460 e. The Kier molecular flexibility index (Phi) is 16.6. The molecule has 0 bridgehead atoms. The molecule has 0 saturated heterocycles. The molecule has 3 heterocycles. The lowest BCUT2D eigenvalue weighted by atomic mass is 10.1. The first-order chi connectivity index (χ1) is 24.9. The summed E-state index contributed by atoms with van der Waals surface area (Å²) in [5.74, 6) is 12.4. The summed E-state index contributed by atoms with van der Waals surface area (Å²) in [6.45, 7) is 7.21. The summed E-state index contributed by atoms with van der Waals surface area (Å²) in [7, 11) is 0. The molecule has 0 fully saturated rings. The summed E-state index contributed by atoms with van der Waals surface area (Å²) in [4.78, 5) is 56.2. The monoisotopic (exact) mass is 733 g/mol. The number of hydrazine groups is 2. The highest BCUT2D eigenvalue weighted by molar-refractivity contribution is 5.96. The Bertz CT molecular complexity index is 2180. The van der Waals surface area contributed by atoms with Crippen LogP contribution in [0.15, 0.2) is 86.0 Å². The first-order valence-corrected chi connectivity index (χ1v) is 15.9. The number of furan rings is 3. The number of hydrogen-bond donors (Lipinski definition) is 5. The second-order valence-electron chi connectivity index (χ2n) is 11.0. The molecule has 0 aliphatic carbocycles. The van der Waals surface area contributed by atoms with Gasteiger partial charge in [-0.2, -0.15) is 0 Å². The van der Waals surface area contributed by atoms with Gasteiger partial charge in [0.1, 0.15) is 28.3 Å². The van der Waals surface area contributed by atoms with Crippen LogP contribution in [0.3, 0.4) is 0 Å². The van der Waals surface area contributed by atoms with Gasteiger partial charge in [-0.3, -0.25) is 31.5 Å². The van der Waals surface area contributed by atoms with E-state index < -0.39 is 17.8 Å². The molecule has 6 rings (SSSR count). The van der Waals surface area contributed by atoms with Crippen molar-refractivity contribution in [3.05, 3.63) is 101 Å². The summed E-state index contributed by atoms with van der Waals surface area (Å²) < 4.78 is 25.7. The third-order valence-electron chi connectivity index (χ3n) is 6.92. The molecule has 3 aromatic carbocycles. The highest BCUT2D eigenvalue weighted by atomic mass is 16.5. The third kappa shape index (κ3) is 12.1. The molecule has 0 aliphatic heterocycles. The van der Waals surface area contributed by atoms with E-state index in [1.165, 1.54) is 6.92 Å². The van der Waals surface area contributed by atoms with Crippen molar-refractivity contribution >= 4 is 68.0 Å². The SMILES string of the molecule is CC(=O)Cc1ccc2oc(C(=O)NN)cc2c1.CCOC(=O)c1cc2cc(CC(C)=O)ccc2o1.CCOC(=O)c1cc2cc(N)ccc2o1.NN.O. The first-order valence-electron chi connectivity index (χ1n) is 15.9. The van der Waals surface area contributed by atoms with Gasteiger partial charge in [-0.25, -0.2) is 15.4 Å². The maximum atomic E-state index is 11.5. The van der Waals surface area contributed by atoms with Gasteiger partial charge < -0.3 is 33.9 Å². The van der Waals surface area contributed by atoms with Gasteiger partial charge in [0.2, 0.25) is 11.5 Å². The summed E-state index contributed by atoms with van der Waals surface area (Å²) in [6.07, 6.45) is 0.759. The van der Waals surface area contributed by atoms with E-state index in [-0.39, 0.29) is 34.3 Å². The number of nitrogens with one attached hydrogen (secondary N) is 1. The lowest BCUT2D eigenvalue weighted by Crippen LogP contribution is -2.29. The van der Waals surface area contributed by atoms with Crippen LogP contribution in [0.2, 0.25) is 0 Å². The fourth-order valence-electron chi connectivity index (χ4n) is 4.83. The number of benzene rings is 3. The van der Waals surface area contributed by atoms with Crippen LogP contribution < -0.4 is 28.7 Å². The maximum Gasteiger partial charge on any atom is 0.374 e. The van der Waals surface area contributed by atoms with Gasteiger partial charge in [-0.05, 0) is 99.5 Å². The van der Waals surface area contributed by atoms with Crippen molar-refractivity contribution in [2.45, 2.75) is 40.5 Å². The molecule has 53 heavy (non-hydrogen) atoms. The number of esters is 2. The second kappa shape index (κ2) is 20.5. The van der Waals surface area contributed by atoms with Crippen LogP contribution in [0.25, 0.3) is 32.9 Å². The van der Waals surface area contributed by atoms with E-state index in [9.17, 15) is 24.0 Å². The average molecular weight is 734 g/mol. The van der Waals surface area contributed by atoms with Crippen LogP contribution in [0.5, 0.6) is 0 Å². The number of nitrogens with two attached hydrogens (primary N) is 4. The molecule has 0 atom stereocenters. The summed E-state index contributed by atoms with van der Waals surface area (Å²) in [5, 5.41) is 2.39. The van der Waals surface area contributed by atoms with E-state index in [1.54, 1.807) is 75.4 Å². The van der Waals surface area contributed by atoms with Crippen molar-refractivity contribution in [2.24, 2.45) is 17.5 Å². The second-order valence-corrected chi connectivity index (χ2v) is 11.0. The number of fused-ring (bicyclic) bond motifs is 3. The molecular formula is C37H43N5O11. The zero-order valence-electron chi connectivity index (χ0n) is 29.6. The fraction of sp³-hybridized carbons (Fsp3) is 0.216. The lowest BCUT2D eigenvalue weighted by Gasteiger charge is -1.96. The first kappa shape index (κ1) is 42.8. The Labute approximate surface area is 303 Å². The third-order valence-corrected chi connectivity index (χ3v) is 6.92. The van der Waals surface area contributed by atoms with E-state index in [0.717, 1.165) is 27.3 Å². The Hall–Kier alpha value is -6.33. The van der Waals surface area contributed by atoms with Crippen molar-refractivity contribution in [1.82, 2.24) is 5.43 Å². The van der Waals surface area contributed by atoms with E-state index in [4.69, 9.17) is 34.3 Å². The Morgan fingerprint density at radius 1 is 0.604 bits per heavy atom. The number of hydrogen-bond acceptors (Lipinski definition) is 14. The molecular weight excluding hydrogens is 690 g/mol. The molecule has 11 N–H and O–H groups in total. The van der Waals surface area contributed by atoms with Crippen LogP contribution in [0.1, 0.15) is 70.5 Å². The number of carbonyl (C=O) groups is 5. The van der Waals surface area contributed by atoms with Gasteiger partial charge in [0.25, 0.3) is 0 Å². The number of ketones is 2. The van der Waals surface area contributed by atoms with Gasteiger partial charge in [-0.1, -0.05) is 12.1 Å². The summed E-state index contributed by atoms with van der Waals surface area (Å²) in [5.41, 5.74) is 11.9. The highest BCUT2D eigenvalue weighted by Gasteiger charge is 2.15. The summed E-state index contributed by atoms with van der Waals surface area (Å²) in [6, 6.07) is 20.9. The number of ether oxygens (including phenoxy) is 2. The smallest absolute Gasteiger partial charge is 0.374 e. The maximum absolute atomic E-state index is 11.5. The van der Waals surface area contributed by atoms with Crippen molar-refractivity contribution < 1.29 is 52.2 Å². The van der Waals surface area contributed by atoms with Gasteiger partial charge >= 0.3 is 17.8 Å². The molecule has 0 spiro atoms. The molecule has 282 valence electrons. The van der Waals surface area contributed by atoms with E-state index in [0.29, 0.717) is 48.5 Å². The molecule has 0 aliphatic rings. The van der Waals surface area contributed by atoms with E-state index >= 15 is 0 Å². The van der Waals surface area contributed by atoms with Crippen molar-refractivity contribution in [3.8, 4) is 0 Å². The summed E-state index contributed by atoms with van der Waals surface area (Å²) >= 11 is 0. The van der Waals surface area contributed by atoms with Crippen LogP contribution in [-0.2, 0) is 31.9 Å². The predicted molar refractivity (Wildman–Crippen MR) is 197 cm³/mol. The molecule has 0 radical (unpaired) electrons. The van der Waals surface area contributed by atoms with Crippen molar-refractivity contribution in [3.63, 3.8) is 0 Å². The van der Waals surface area contributed by atoms with Crippen LogP contribution in [0, 0.1) is 0 Å². The average Bonchev–Trinajstić information content (AvgIpc) is 3.85. The topological polar surface area (TPSA) is 291 Å². The minimum atomic E-state index is -0.477. The minimum absolute atomic E-state index is 0. The minimum Gasteiger partial charge on any atom is -0.460 e. The van der Waals surface area contributed by atoms with Crippen LogP contribution in [0.4, 0.5) is 5.69 Å². The fourth-order valence-corrected chi connectivity index (χ4v) is 4.83. The Morgan fingerprint density at radius 3 is 1.38 bits per heavy atom. The van der Waals surface area contributed by atoms with Crippen molar-refractivity contribution in [2.75, 3.05) is 18.9 Å². The quantitative estimate of drug-likeness (QED) is 0.0460. The van der Waals surface area contributed by atoms with Gasteiger partial charge in [0, 0.05) is 34.7 Å². The van der Waals surface area contributed by atoms with Crippen molar-refractivity contribution in [1.29, 1.82) is 0 Å². The van der Waals surface area contributed by atoms with E-state index in [2.05, 4.69) is 11.7 Å². The van der Waals surface area contributed by atoms with Crippen LogP contribution >= 0.6 is 0 Å². The number of Topliss-reactive ketones (excluding diaryl/α,β-unsaturated/α-hetero) is 2. The molecule has 3 aromatic heterocycles. The zero-order chi connectivity index (χ0) is 38.4. The van der Waals surface area contributed by atoms with E-state index in [1.807, 2.05) is 23.6 Å². The number of amides is 1. The van der Waals surface area contributed by atoms with Gasteiger partial charge in [0.15, 0.2) is 5.76 Å². The number of rotatable bonds is 9. The predicted octanol–water partition coefficient (Wildman–Crippen LogP) is 4.09. The molecule has 16 nitrogen and oxygen atoms in total. The lowest BCUT2D eigenvalue weighted by molar-refractivity contribution is -0.117. The highest BCUT2D eigenvalue weighted by Crippen LogP contribution is 2.24. The Balaban J connectivity index is 0.000000267.